The Kier molecular flexibility index (Phi) is 3.93. The van der Waals surface area contributed by atoms with Crippen LogP contribution in [0.1, 0.15) is 13.3 Å². The van der Waals surface area contributed by atoms with Gasteiger partial charge in [0.1, 0.15) is 5.82 Å². The molecular formula is C12H17N3O2. The van der Waals surface area contributed by atoms with Gasteiger partial charge in [-0.15, -0.1) is 0 Å². The minimum Gasteiger partial charge on any atom is -0.378 e. The largest absolute Gasteiger partial charge is 0.378 e. The van der Waals surface area contributed by atoms with Gasteiger partial charge in [-0.25, -0.2) is 4.98 Å². The Bertz CT molecular complexity index is 372. The summed E-state index contributed by atoms with van der Waals surface area (Å²) in [6, 6.07) is 3.81. The molecular weight excluding hydrogens is 218 g/mol. The number of nitrogens with one attached hydrogen (secondary N) is 1. The van der Waals surface area contributed by atoms with Crippen molar-refractivity contribution in [1.29, 1.82) is 0 Å². The first-order chi connectivity index (χ1) is 8.29. The van der Waals surface area contributed by atoms with E-state index in [1.165, 1.54) is 0 Å². The number of carbonyl (C=O) groups is 1. The van der Waals surface area contributed by atoms with Crippen molar-refractivity contribution in [1.82, 2.24) is 4.98 Å². The molecule has 0 bridgehead atoms. The van der Waals surface area contributed by atoms with Crippen LogP contribution in [0.5, 0.6) is 0 Å². The second-order valence-electron chi connectivity index (χ2n) is 3.91. The quantitative estimate of drug-likeness (QED) is 0.857. The van der Waals surface area contributed by atoms with Crippen molar-refractivity contribution >= 4 is 17.4 Å². The van der Waals surface area contributed by atoms with Gasteiger partial charge in [-0.1, -0.05) is 6.92 Å². The van der Waals surface area contributed by atoms with E-state index in [2.05, 4.69) is 15.2 Å². The van der Waals surface area contributed by atoms with E-state index in [4.69, 9.17) is 4.74 Å². The Morgan fingerprint density at radius 3 is 2.82 bits per heavy atom. The summed E-state index contributed by atoms with van der Waals surface area (Å²) in [6.45, 7) is 5.05. The number of hydrogen-bond donors (Lipinski definition) is 1. The molecule has 0 atom stereocenters. The van der Waals surface area contributed by atoms with Crippen LogP contribution >= 0.6 is 0 Å². The number of rotatable bonds is 3. The molecule has 1 saturated heterocycles. The van der Waals surface area contributed by atoms with E-state index >= 15 is 0 Å². The Morgan fingerprint density at radius 1 is 1.47 bits per heavy atom. The summed E-state index contributed by atoms with van der Waals surface area (Å²) in [7, 11) is 0. The number of ether oxygens (including phenoxy) is 1. The molecule has 0 saturated carbocycles. The summed E-state index contributed by atoms with van der Waals surface area (Å²) >= 11 is 0. The molecule has 5 heteroatoms. The lowest BCUT2D eigenvalue weighted by atomic mass is 10.3. The highest BCUT2D eigenvalue weighted by Gasteiger charge is 2.11. The topological polar surface area (TPSA) is 54.5 Å². The Hall–Kier alpha value is -1.62. The zero-order valence-corrected chi connectivity index (χ0v) is 9.98. The Labute approximate surface area is 101 Å². The van der Waals surface area contributed by atoms with E-state index in [9.17, 15) is 4.79 Å². The van der Waals surface area contributed by atoms with Crippen LogP contribution in [0.3, 0.4) is 0 Å². The van der Waals surface area contributed by atoms with Crippen molar-refractivity contribution in [3.05, 3.63) is 18.3 Å². The van der Waals surface area contributed by atoms with E-state index in [1.807, 2.05) is 19.1 Å². The monoisotopic (exact) mass is 235 g/mol. The predicted octanol–water partition coefficient (Wildman–Crippen LogP) is 1.27. The van der Waals surface area contributed by atoms with Gasteiger partial charge in [0.05, 0.1) is 25.1 Å². The summed E-state index contributed by atoms with van der Waals surface area (Å²) in [5.41, 5.74) is 0.744. The van der Waals surface area contributed by atoms with Crippen LogP contribution in [0.15, 0.2) is 18.3 Å². The molecule has 1 fully saturated rings. The summed E-state index contributed by atoms with van der Waals surface area (Å²) in [6.07, 6.45) is 2.17. The fourth-order valence-corrected chi connectivity index (χ4v) is 1.69. The molecule has 1 aromatic rings. The molecule has 2 heterocycles. The van der Waals surface area contributed by atoms with Crippen LogP contribution in [0.25, 0.3) is 0 Å². The normalized spacial score (nSPS) is 15.7. The van der Waals surface area contributed by atoms with Crippen LogP contribution < -0.4 is 10.2 Å². The van der Waals surface area contributed by atoms with E-state index in [0.717, 1.165) is 37.8 Å². The van der Waals surface area contributed by atoms with Crippen LogP contribution in [-0.2, 0) is 9.53 Å². The first kappa shape index (κ1) is 11.9. The molecule has 0 spiro atoms. The maximum Gasteiger partial charge on any atom is 0.224 e. The first-order valence-electron chi connectivity index (χ1n) is 5.88. The second kappa shape index (κ2) is 5.63. The summed E-state index contributed by atoms with van der Waals surface area (Å²) in [5.74, 6) is 0.939. The third-order valence-corrected chi connectivity index (χ3v) is 2.69. The molecule has 2 rings (SSSR count). The van der Waals surface area contributed by atoms with Gasteiger partial charge in [-0.05, 0) is 12.1 Å². The molecule has 1 N–H and O–H groups in total. The Morgan fingerprint density at radius 2 is 2.24 bits per heavy atom. The standard InChI is InChI=1S/C12H17N3O2/c1-2-12(16)14-10-3-4-11(13-9-10)15-5-7-17-8-6-15/h3-4,9H,2,5-8H2,1H3,(H,14,16). The molecule has 1 amide bonds. The minimum absolute atomic E-state index is 0.00548. The number of carbonyl (C=O) groups excluding carboxylic acids is 1. The number of nitrogens with zero attached hydrogens (tertiary/aromatic N) is 2. The van der Waals surface area contributed by atoms with Gasteiger partial charge in [0.2, 0.25) is 5.91 Å². The zero-order chi connectivity index (χ0) is 12.1. The van der Waals surface area contributed by atoms with Crippen LogP contribution in [0.4, 0.5) is 11.5 Å². The van der Waals surface area contributed by atoms with Gasteiger partial charge in [-0.3, -0.25) is 4.79 Å². The van der Waals surface area contributed by atoms with E-state index in [0.29, 0.717) is 6.42 Å². The van der Waals surface area contributed by atoms with Crippen LogP contribution in [0, 0.1) is 0 Å². The number of morpholine rings is 1. The molecule has 1 aliphatic heterocycles. The lowest BCUT2D eigenvalue weighted by Gasteiger charge is -2.27. The highest BCUT2D eigenvalue weighted by Crippen LogP contribution is 2.15. The number of pyridine rings is 1. The van der Waals surface area contributed by atoms with Gasteiger partial charge in [-0.2, -0.15) is 0 Å². The van der Waals surface area contributed by atoms with E-state index in [1.54, 1.807) is 6.20 Å². The molecule has 0 aliphatic carbocycles. The van der Waals surface area contributed by atoms with Crippen LogP contribution in [0.2, 0.25) is 0 Å². The smallest absolute Gasteiger partial charge is 0.224 e. The predicted molar refractivity (Wildman–Crippen MR) is 66.2 cm³/mol. The molecule has 1 aliphatic rings. The lowest BCUT2D eigenvalue weighted by molar-refractivity contribution is -0.115. The maximum absolute atomic E-state index is 11.2. The highest BCUT2D eigenvalue weighted by molar-refractivity contribution is 5.90. The Balaban J connectivity index is 1.99. The average molecular weight is 235 g/mol. The van der Waals surface area contributed by atoms with E-state index in [-0.39, 0.29) is 5.91 Å². The average Bonchev–Trinajstić information content (AvgIpc) is 2.40. The molecule has 5 nitrogen and oxygen atoms in total. The maximum atomic E-state index is 11.2. The fraction of sp³-hybridized carbons (Fsp3) is 0.500. The van der Waals surface area contributed by atoms with Gasteiger partial charge < -0.3 is 15.0 Å². The van der Waals surface area contributed by atoms with Gasteiger partial charge >= 0.3 is 0 Å². The highest BCUT2D eigenvalue weighted by atomic mass is 16.5. The summed E-state index contributed by atoms with van der Waals surface area (Å²) in [4.78, 5) is 17.7. The molecule has 17 heavy (non-hydrogen) atoms. The number of anilines is 2. The number of amides is 1. The fourth-order valence-electron chi connectivity index (χ4n) is 1.69. The van der Waals surface area contributed by atoms with Crippen molar-refractivity contribution in [3.8, 4) is 0 Å². The number of hydrogen-bond acceptors (Lipinski definition) is 4. The van der Waals surface area contributed by atoms with Gasteiger partial charge in [0.15, 0.2) is 0 Å². The zero-order valence-electron chi connectivity index (χ0n) is 9.98. The van der Waals surface area contributed by atoms with Gasteiger partial charge in [0.25, 0.3) is 0 Å². The van der Waals surface area contributed by atoms with E-state index < -0.39 is 0 Å². The minimum atomic E-state index is 0.00548. The third-order valence-electron chi connectivity index (χ3n) is 2.69. The number of aromatic nitrogens is 1. The molecule has 92 valence electrons. The molecule has 0 aromatic carbocycles. The lowest BCUT2D eigenvalue weighted by Crippen LogP contribution is -2.36. The SMILES string of the molecule is CCC(=O)Nc1ccc(N2CCOCC2)nc1. The summed E-state index contributed by atoms with van der Waals surface area (Å²) in [5, 5.41) is 2.78. The third kappa shape index (κ3) is 3.17. The second-order valence-corrected chi connectivity index (χ2v) is 3.91. The molecule has 1 aromatic heterocycles. The summed E-state index contributed by atoms with van der Waals surface area (Å²) < 4.78 is 5.29. The first-order valence-corrected chi connectivity index (χ1v) is 5.88. The van der Waals surface area contributed by atoms with Crippen LogP contribution in [-0.4, -0.2) is 37.2 Å². The van der Waals surface area contributed by atoms with Crippen molar-refractivity contribution in [3.63, 3.8) is 0 Å². The van der Waals surface area contributed by atoms with Crippen molar-refractivity contribution < 1.29 is 9.53 Å². The molecule has 0 unspecified atom stereocenters. The molecule has 0 radical (unpaired) electrons. The van der Waals surface area contributed by atoms with Crippen molar-refractivity contribution in [2.24, 2.45) is 0 Å². The van der Waals surface area contributed by atoms with Gasteiger partial charge in [0, 0.05) is 19.5 Å². The van der Waals surface area contributed by atoms with Crippen molar-refractivity contribution in [2.45, 2.75) is 13.3 Å². The van der Waals surface area contributed by atoms with Crippen molar-refractivity contribution in [2.75, 3.05) is 36.5 Å².